The van der Waals surface area contributed by atoms with Gasteiger partial charge in [-0.25, -0.2) is 4.98 Å². The first-order valence-electron chi connectivity index (χ1n) is 5.77. The number of amidine groups is 1. The monoisotopic (exact) mass is 295 g/mol. The Balaban J connectivity index is 2.38. The van der Waals surface area contributed by atoms with Crippen molar-refractivity contribution in [1.82, 2.24) is 4.98 Å². The number of hydrogen-bond acceptors (Lipinski definition) is 2. The van der Waals surface area contributed by atoms with E-state index in [4.69, 9.17) is 5.73 Å². The minimum Gasteiger partial charge on any atom is -0.382 e. The number of halogens is 3. The van der Waals surface area contributed by atoms with E-state index in [2.05, 4.69) is 15.0 Å². The Morgan fingerprint density at radius 2 is 2.05 bits per heavy atom. The lowest BCUT2D eigenvalue weighted by Crippen LogP contribution is -2.20. The third-order valence-electron chi connectivity index (χ3n) is 2.55. The molecule has 8 heteroatoms. The average Bonchev–Trinajstić information content (AvgIpc) is 2.47. The minimum absolute atomic E-state index is 0.208. The number of nitrogens with two attached hydrogens (primary N) is 1. The van der Waals surface area contributed by atoms with Gasteiger partial charge in [0.1, 0.15) is 11.3 Å². The van der Waals surface area contributed by atoms with Crippen molar-refractivity contribution in [2.75, 3.05) is 0 Å². The maximum Gasteiger partial charge on any atom is 0.417 e. The number of rotatable bonds is 2. The minimum atomic E-state index is -4.66. The molecule has 0 unspecified atom stereocenters. The van der Waals surface area contributed by atoms with E-state index in [0.29, 0.717) is 0 Å². The highest BCUT2D eigenvalue weighted by Gasteiger charge is 2.36. The number of aromatic amines is 1. The molecule has 0 spiro atoms. The summed E-state index contributed by atoms with van der Waals surface area (Å²) < 4.78 is 38.4. The van der Waals surface area contributed by atoms with Crippen LogP contribution in [-0.2, 0) is 6.18 Å². The predicted molar refractivity (Wildman–Crippen MR) is 67.3 cm³/mol. The first kappa shape index (κ1) is 14.6. The molecule has 0 aliphatic carbocycles. The van der Waals surface area contributed by atoms with Crippen molar-refractivity contribution in [3.63, 3.8) is 0 Å². The van der Waals surface area contributed by atoms with Crippen molar-refractivity contribution in [2.45, 2.75) is 6.18 Å². The third-order valence-corrected chi connectivity index (χ3v) is 2.55. The average molecular weight is 295 g/mol. The summed E-state index contributed by atoms with van der Waals surface area (Å²) in [7, 11) is 0. The largest absolute Gasteiger partial charge is 0.417 e. The lowest BCUT2D eigenvalue weighted by atomic mass is 10.1. The highest BCUT2D eigenvalue weighted by atomic mass is 19.4. The van der Waals surface area contributed by atoms with Gasteiger partial charge in [-0.05, 0) is 12.1 Å². The van der Waals surface area contributed by atoms with E-state index < -0.39 is 23.2 Å². The van der Waals surface area contributed by atoms with Crippen molar-refractivity contribution in [1.29, 1.82) is 0 Å². The Hall–Kier alpha value is -2.77. The third kappa shape index (κ3) is 3.41. The van der Waals surface area contributed by atoms with Crippen LogP contribution in [0.4, 0.5) is 13.2 Å². The molecule has 2 rings (SSSR count). The lowest BCUT2D eigenvalue weighted by Gasteiger charge is -2.07. The number of pyridine rings is 2. The number of amides is 1. The van der Waals surface area contributed by atoms with Gasteiger partial charge in [0.2, 0.25) is 0 Å². The molecule has 2 heterocycles. The summed E-state index contributed by atoms with van der Waals surface area (Å²) in [4.78, 5) is 21.6. The van der Waals surface area contributed by atoms with Crippen molar-refractivity contribution >= 4 is 11.7 Å². The van der Waals surface area contributed by atoms with Gasteiger partial charge < -0.3 is 5.73 Å². The highest BCUT2D eigenvalue weighted by molar-refractivity contribution is 6.08. The van der Waals surface area contributed by atoms with Crippen LogP contribution >= 0.6 is 0 Å². The molecule has 2 aromatic heterocycles. The summed E-state index contributed by atoms with van der Waals surface area (Å²) in [6.45, 7) is 0. The SMILES string of the molecule is NC(=NC(=O)c1c[nH+]ccc1C(F)(F)F)c1ccccn1. The van der Waals surface area contributed by atoms with Gasteiger partial charge in [-0.2, -0.15) is 18.2 Å². The fraction of sp³-hybridized carbons (Fsp3) is 0.0769. The van der Waals surface area contributed by atoms with Gasteiger partial charge in [0.15, 0.2) is 18.2 Å². The Kier molecular flexibility index (Phi) is 3.97. The smallest absolute Gasteiger partial charge is 0.382 e. The van der Waals surface area contributed by atoms with Crippen molar-refractivity contribution < 1.29 is 22.9 Å². The van der Waals surface area contributed by atoms with Gasteiger partial charge in [0.05, 0.1) is 5.56 Å². The zero-order valence-electron chi connectivity index (χ0n) is 10.6. The van der Waals surface area contributed by atoms with Gasteiger partial charge in [0, 0.05) is 12.3 Å². The summed E-state index contributed by atoms with van der Waals surface area (Å²) in [5.41, 5.74) is 4.09. The second-order valence-electron chi connectivity index (χ2n) is 3.99. The fourth-order valence-electron chi connectivity index (χ4n) is 1.60. The summed E-state index contributed by atoms with van der Waals surface area (Å²) in [6.07, 6.45) is -1.22. The second-order valence-corrected chi connectivity index (χ2v) is 3.99. The normalized spacial score (nSPS) is 12.2. The van der Waals surface area contributed by atoms with E-state index in [1.807, 2.05) is 0 Å². The molecule has 0 fully saturated rings. The molecular weight excluding hydrogens is 285 g/mol. The molecule has 0 aliphatic heterocycles. The number of alkyl halides is 3. The number of aliphatic imine (C=N–C) groups is 1. The molecule has 0 aromatic carbocycles. The van der Waals surface area contributed by atoms with E-state index >= 15 is 0 Å². The van der Waals surface area contributed by atoms with E-state index in [1.54, 1.807) is 12.1 Å². The summed E-state index contributed by atoms with van der Waals surface area (Å²) in [5.74, 6) is -1.35. The maximum absolute atomic E-state index is 12.8. The molecule has 108 valence electrons. The van der Waals surface area contributed by atoms with E-state index in [0.717, 1.165) is 18.5 Å². The lowest BCUT2D eigenvalue weighted by molar-refractivity contribution is -0.378. The predicted octanol–water partition coefficient (Wildman–Crippen LogP) is 1.46. The van der Waals surface area contributed by atoms with Crippen LogP contribution in [0.2, 0.25) is 0 Å². The molecule has 0 atom stereocenters. The van der Waals surface area contributed by atoms with Crippen LogP contribution < -0.4 is 10.7 Å². The summed E-state index contributed by atoms with van der Waals surface area (Å²) in [6, 6.07) is 5.51. The van der Waals surface area contributed by atoms with Gasteiger partial charge >= 0.3 is 6.18 Å². The molecule has 0 saturated heterocycles. The number of aromatic nitrogens is 2. The molecule has 2 aromatic rings. The van der Waals surface area contributed by atoms with Crippen LogP contribution in [0.15, 0.2) is 47.8 Å². The van der Waals surface area contributed by atoms with Crippen LogP contribution in [0, 0.1) is 0 Å². The molecule has 21 heavy (non-hydrogen) atoms. The molecule has 0 saturated carbocycles. The van der Waals surface area contributed by atoms with Crippen molar-refractivity contribution in [3.05, 3.63) is 59.7 Å². The van der Waals surface area contributed by atoms with Crippen molar-refractivity contribution in [2.24, 2.45) is 10.7 Å². The molecular formula is C13H10F3N4O+. The van der Waals surface area contributed by atoms with Crippen LogP contribution in [0.5, 0.6) is 0 Å². The number of carbonyl (C=O) groups excluding carboxylic acids is 1. The Bertz CT molecular complexity index is 683. The Labute approximate surface area is 117 Å². The van der Waals surface area contributed by atoms with Gasteiger partial charge in [-0.3, -0.25) is 9.78 Å². The van der Waals surface area contributed by atoms with E-state index in [1.165, 1.54) is 12.3 Å². The quantitative estimate of drug-likeness (QED) is 0.672. The number of nitrogens with zero attached hydrogens (tertiary/aromatic N) is 2. The van der Waals surface area contributed by atoms with Crippen LogP contribution in [0.3, 0.4) is 0 Å². The van der Waals surface area contributed by atoms with E-state index in [-0.39, 0.29) is 11.5 Å². The second kappa shape index (κ2) is 5.70. The fourth-order valence-corrected chi connectivity index (χ4v) is 1.60. The first-order chi connectivity index (χ1) is 9.89. The number of carbonyl (C=O) groups is 1. The molecule has 0 radical (unpaired) electrons. The number of hydrogen-bond donors (Lipinski definition) is 1. The van der Waals surface area contributed by atoms with Crippen molar-refractivity contribution in [3.8, 4) is 0 Å². The van der Waals surface area contributed by atoms with Gasteiger partial charge in [0.25, 0.3) is 5.91 Å². The Morgan fingerprint density at radius 3 is 2.67 bits per heavy atom. The number of nitrogens with one attached hydrogen (secondary N) is 1. The number of H-pyrrole nitrogens is 1. The molecule has 0 bridgehead atoms. The standard InChI is InChI=1S/C13H9F3N4O/c14-13(15,16)9-4-6-18-7-8(9)12(21)20-11(17)10-3-1-2-5-19-10/h1-7H,(H2,17,20,21)/p+1. The summed E-state index contributed by atoms with van der Waals surface area (Å²) in [5, 5.41) is 0. The molecule has 5 nitrogen and oxygen atoms in total. The van der Waals surface area contributed by atoms with Crippen LogP contribution in [0.1, 0.15) is 21.6 Å². The van der Waals surface area contributed by atoms with Gasteiger partial charge in [-0.15, -0.1) is 0 Å². The molecule has 0 aliphatic rings. The first-order valence-corrected chi connectivity index (χ1v) is 5.77. The topological polar surface area (TPSA) is 82.5 Å². The van der Waals surface area contributed by atoms with Gasteiger partial charge in [-0.1, -0.05) is 6.07 Å². The zero-order valence-corrected chi connectivity index (χ0v) is 10.6. The summed E-state index contributed by atoms with van der Waals surface area (Å²) >= 11 is 0. The van der Waals surface area contributed by atoms with Crippen LogP contribution in [-0.4, -0.2) is 16.7 Å². The molecule has 3 N–H and O–H groups in total. The van der Waals surface area contributed by atoms with Crippen LogP contribution in [0.25, 0.3) is 0 Å². The van der Waals surface area contributed by atoms with E-state index in [9.17, 15) is 18.0 Å². The zero-order chi connectivity index (χ0) is 15.5. The highest BCUT2D eigenvalue weighted by Crippen LogP contribution is 2.31. The maximum atomic E-state index is 12.8. The molecule has 1 amide bonds. The Morgan fingerprint density at radius 1 is 1.29 bits per heavy atom.